The summed E-state index contributed by atoms with van der Waals surface area (Å²) in [5.74, 6) is -0.0607. The Hall–Kier alpha value is -1.05. The van der Waals surface area contributed by atoms with Crippen molar-refractivity contribution in [3.63, 3.8) is 0 Å². The number of hydrogen-bond acceptors (Lipinski definition) is 4. The number of aromatic carboxylic acids is 1. The average molecular weight is 317 g/mol. The van der Waals surface area contributed by atoms with Crippen LogP contribution in [-0.4, -0.2) is 38.0 Å². The van der Waals surface area contributed by atoms with Crippen molar-refractivity contribution in [2.24, 2.45) is 5.92 Å². The molecule has 0 aliphatic carbocycles. The van der Waals surface area contributed by atoms with E-state index < -0.39 is 16.0 Å². The minimum atomic E-state index is -3.68. The molecule has 0 aromatic heterocycles. The second-order valence-corrected chi connectivity index (χ2v) is 7.29. The van der Waals surface area contributed by atoms with Crippen molar-refractivity contribution in [2.45, 2.75) is 18.7 Å². The monoisotopic (exact) mass is 317 g/mol. The van der Waals surface area contributed by atoms with Gasteiger partial charge in [0, 0.05) is 6.54 Å². The lowest BCUT2D eigenvalue weighted by molar-refractivity contribution is 0.0696. The highest BCUT2D eigenvalue weighted by atomic mass is 32.2. The maximum atomic E-state index is 12.2. The summed E-state index contributed by atoms with van der Waals surface area (Å²) in [5, 5.41) is 9.03. The van der Waals surface area contributed by atoms with Crippen LogP contribution in [0.3, 0.4) is 0 Å². The number of sulfonamides is 1. The minimum absolute atomic E-state index is 0.00466. The average Bonchev–Trinajstić information content (AvgIpc) is 2.36. The Labute approximate surface area is 123 Å². The molecule has 1 unspecified atom stereocenters. The van der Waals surface area contributed by atoms with Crippen LogP contribution < -0.4 is 4.72 Å². The van der Waals surface area contributed by atoms with Crippen LogP contribution in [-0.2, 0) is 10.0 Å². The van der Waals surface area contributed by atoms with E-state index in [0.29, 0.717) is 6.54 Å². The van der Waals surface area contributed by atoms with Crippen molar-refractivity contribution in [1.29, 1.82) is 0 Å². The molecule has 0 amide bonds. The largest absolute Gasteiger partial charge is 0.478 e. The van der Waals surface area contributed by atoms with E-state index in [1.165, 1.54) is 25.1 Å². The molecule has 20 heavy (non-hydrogen) atoms. The number of carboxylic acid groups (broad SMARTS) is 1. The zero-order valence-corrected chi connectivity index (χ0v) is 13.3. The molecule has 1 rings (SSSR count). The predicted octanol–water partition coefficient (Wildman–Crippen LogP) is 1.97. The summed E-state index contributed by atoms with van der Waals surface area (Å²) in [7, 11) is -3.68. The zero-order chi connectivity index (χ0) is 15.3. The highest BCUT2D eigenvalue weighted by molar-refractivity contribution is 7.98. The molecule has 0 saturated carbocycles. The number of hydrogen-bond donors (Lipinski definition) is 2. The van der Waals surface area contributed by atoms with Gasteiger partial charge in [0.05, 0.1) is 10.5 Å². The topological polar surface area (TPSA) is 83.5 Å². The molecule has 0 aliphatic heterocycles. The van der Waals surface area contributed by atoms with Gasteiger partial charge in [-0.3, -0.25) is 0 Å². The van der Waals surface area contributed by atoms with E-state index in [2.05, 4.69) is 4.72 Å². The molecule has 0 radical (unpaired) electrons. The third-order valence-electron chi connectivity index (χ3n) is 2.88. The van der Waals surface area contributed by atoms with Gasteiger partial charge in [-0.05, 0) is 42.5 Å². The van der Waals surface area contributed by atoms with E-state index >= 15 is 0 Å². The molecule has 0 fully saturated rings. The molecule has 0 spiro atoms. The van der Waals surface area contributed by atoms with Crippen molar-refractivity contribution in [3.8, 4) is 0 Å². The highest BCUT2D eigenvalue weighted by Gasteiger charge is 2.20. The lowest BCUT2D eigenvalue weighted by Gasteiger charge is -2.14. The maximum absolute atomic E-state index is 12.2. The lowest BCUT2D eigenvalue weighted by atomic mass is 10.1. The fraction of sp³-hybridized carbons (Fsp3) is 0.462. The van der Waals surface area contributed by atoms with Gasteiger partial charge in [-0.25, -0.2) is 17.9 Å². The van der Waals surface area contributed by atoms with E-state index in [0.717, 1.165) is 5.75 Å². The Morgan fingerprint density at radius 3 is 2.65 bits per heavy atom. The van der Waals surface area contributed by atoms with E-state index in [-0.39, 0.29) is 21.9 Å². The van der Waals surface area contributed by atoms with E-state index in [9.17, 15) is 13.2 Å². The van der Waals surface area contributed by atoms with Gasteiger partial charge >= 0.3 is 5.97 Å². The first-order valence-electron chi connectivity index (χ1n) is 6.11. The first kappa shape index (κ1) is 17.0. The summed E-state index contributed by atoms with van der Waals surface area (Å²) in [5.41, 5.74) is 0.259. The molecule has 112 valence electrons. The van der Waals surface area contributed by atoms with Gasteiger partial charge in [0.25, 0.3) is 0 Å². The Balaban J connectivity index is 2.99. The minimum Gasteiger partial charge on any atom is -0.478 e. The van der Waals surface area contributed by atoms with Crippen LogP contribution in [0.4, 0.5) is 0 Å². The third kappa shape index (κ3) is 4.22. The van der Waals surface area contributed by atoms with Gasteiger partial charge in [-0.2, -0.15) is 11.8 Å². The van der Waals surface area contributed by atoms with Gasteiger partial charge in [-0.15, -0.1) is 0 Å². The second kappa shape index (κ2) is 7.10. The van der Waals surface area contributed by atoms with Crippen LogP contribution in [0.5, 0.6) is 0 Å². The number of nitrogens with one attached hydrogen (secondary N) is 1. The van der Waals surface area contributed by atoms with Crippen molar-refractivity contribution in [1.82, 2.24) is 4.72 Å². The van der Waals surface area contributed by atoms with Crippen molar-refractivity contribution >= 4 is 27.8 Å². The van der Waals surface area contributed by atoms with Gasteiger partial charge < -0.3 is 5.11 Å². The van der Waals surface area contributed by atoms with Gasteiger partial charge in [0.1, 0.15) is 0 Å². The van der Waals surface area contributed by atoms with Crippen LogP contribution in [0.1, 0.15) is 22.8 Å². The highest BCUT2D eigenvalue weighted by Crippen LogP contribution is 2.19. The summed E-state index contributed by atoms with van der Waals surface area (Å²) in [6.45, 7) is 3.79. The SMILES string of the molecule is CSCC(C)CNS(=O)(=O)c1cccc(C(=O)O)c1C. The standard InChI is InChI=1S/C13H19NO4S2/c1-9(8-19-3)7-14-20(17,18)12-6-4-5-11(10(12)2)13(15)16/h4-6,9,14H,7-8H2,1-3H3,(H,15,16). The number of carbonyl (C=O) groups is 1. The number of benzene rings is 1. The first-order valence-corrected chi connectivity index (χ1v) is 8.98. The summed E-state index contributed by atoms with van der Waals surface area (Å²) < 4.78 is 27.0. The molecule has 2 N–H and O–H groups in total. The van der Waals surface area contributed by atoms with Crippen molar-refractivity contribution < 1.29 is 18.3 Å². The van der Waals surface area contributed by atoms with Crippen molar-refractivity contribution in [3.05, 3.63) is 29.3 Å². The molecule has 1 aromatic rings. The molecule has 0 aliphatic rings. The summed E-state index contributed by atoms with van der Waals surface area (Å²) in [6.07, 6.45) is 1.96. The van der Waals surface area contributed by atoms with Crippen LogP contribution >= 0.6 is 11.8 Å². The van der Waals surface area contributed by atoms with Gasteiger partial charge in [0.15, 0.2) is 0 Å². The van der Waals surface area contributed by atoms with Gasteiger partial charge in [0.2, 0.25) is 10.0 Å². The molecule has 1 atom stereocenters. The molecule has 0 saturated heterocycles. The Kier molecular flexibility index (Phi) is 6.04. The molecule has 5 nitrogen and oxygen atoms in total. The second-order valence-electron chi connectivity index (χ2n) is 4.65. The maximum Gasteiger partial charge on any atom is 0.335 e. The fourth-order valence-corrected chi connectivity index (χ4v) is 3.93. The molecule has 7 heteroatoms. The summed E-state index contributed by atoms with van der Waals surface area (Å²) >= 11 is 1.65. The Bertz CT molecular complexity index is 584. The van der Waals surface area contributed by atoms with Crippen LogP contribution in [0, 0.1) is 12.8 Å². The summed E-state index contributed by atoms with van der Waals surface area (Å²) in [4.78, 5) is 11.1. The quantitative estimate of drug-likeness (QED) is 0.803. The zero-order valence-electron chi connectivity index (χ0n) is 11.7. The van der Waals surface area contributed by atoms with Gasteiger partial charge in [-0.1, -0.05) is 13.0 Å². The van der Waals surface area contributed by atoms with Crippen LogP contribution in [0.15, 0.2) is 23.1 Å². The van der Waals surface area contributed by atoms with Crippen LogP contribution in [0.25, 0.3) is 0 Å². The van der Waals surface area contributed by atoms with E-state index in [4.69, 9.17) is 5.11 Å². The lowest BCUT2D eigenvalue weighted by Crippen LogP contribution is -2.30. The number of thioether (sulfide) groups is 1. The molecule has 0 bridgehead atoms. The predicted molar refractivity (Wildman–Crippen MR) is 80.9 cm³/mol. The Morgan fingerprint density at radius 1 is 1.45 bits per heavy atom. The molecule has 0 heterocycles. The normalized spacial score (nSPS) is 13.2. The smallest absolute Gasteiger partial charge is 0.335 e. The molecular formula is C13H19NO4S2. The van der Waals surface area contributed by atoms with E-state index in [1.807, 2.05) is 13.2 Å². The first-order chi connectivity index (χ1) is 9.29. The van der Waals surface area contributed by atoms with Crippen molar-refractivity contribution in [2.75, 3.05) is 18.6 Å². The number of rotatable bonds is 7. The number of carboxylic acids is 1. The fourth-order valence-electron chi connectivity index (χ4n) is 1.81. The van der Waals surface area contributed by atoms with Crippen LogP contribution in [0.2, 0.25) is 0 Å². The Morgan fingerprint density at radius 2 is 2.10 bits per heavy atom. The molecule has 1 aromatic carbocycles. The molecular weight excluding hydrogens is 298 g/mol. The van der Waals surface area contributed by atoms with E-state index in [1.54, 1.807) is 11.8 Å². The third-order valence-corrected chi connectivity index (χ3v) is 5.35. The summed E-state index contributed by atoms with van der Waals surface area (Å²) in [6, 6.07) is 4.26.